The predicted molar refractivity (Wildman–Crippen MR) is 80.0 cm³/mol. The van der Waals surface area contributed by atoms with Gasteiger partial charge in [-0.3, -0.25) is 24.1 Å². The van der Waals surface area contributed by atoms with E-state index in [1.807, 2.05) is 6.07 Å². The Hall–Kier alpha value is -2.28. The van der Waals surface area contributed by atoms with E-state index in [2.05, 4.69) is 4.98 Å². The molecule has 2 atom stereocenters. The molecule has 1 saturated heterocycles. The van der Waals surface area contributed by atoms with Crippen LogP contribution < -0.4 is 4.52 Å². The van der Waals surface area contributed by atoms with Gasteiger partial charge in [-0.15, -0.1) is 0 Å². The van der Waals surface area contributed by atoms with E-state index in [0.29, 0.717) is 6.42 Å². The molecule has 0 radical (unpaired) electrons. The lowest BCUT2D eigenvalue weighted by atomic mass is 10.1. The molecule has 0 amide bonds. The van der Waals surface area contributed by atoms with Gasteiger partial charge in [-0.05, 0) is 23.8 Å². The number of nitro benzene ring substituents is 1. The number of phosphoric acid groups is 1. The molecule has 3 rings (SSSR count). The quantitative estimate of drug-likeness (QED) is 0.477. The van der Waals surface area contributed by atoms with Crippen LogP contribution in [0.25, 0.3) is 0 Å². The monoisotopic (exact) mass is 336 g/mol. The first-order valence-electron chi connectivity index (χ1n) is 6.83. The SMILES string of the molecule is O=[N+]([O-])c1ccc(OP2(=O)OCCC(c3cccnc3)O2)cc1. The lowest BCUT2D eigenvalue weighted by Crippen LogP contribution is -2.16. The summed E-state index contributed by atoms with van der Waals surface area (Å²) in [6, 6.07) is 8.78. The molecule has 1 aromatic carbocycles. The molecule has 1 aromatic heterocycles. The highest BCUT2D eigenvalue weighted by Gasteiger charge is 2.37. The summed E-state index contributed by atoms with van der Waals surface area (Å²) < 4.78 is 28.5. The van der Waals surface area contributed by atoms with Gasteiger partial charge in [0, 0.05) is 30.9 Å². The summed E-state index contributed by atoms with van der Waals surface area (Å²) in [5, 5.41) is 10.6. The van der Waals surface area contributed by atoms with Gasteiger partial charge in [0.1, 0.15) is 5.75 Å². The van der Waals surface area contributed by atoms with E-state index in [0.717, 1.165) is 5.56 Å². The van der Waals surface area contributed by atoms with E-state index >= 15 is 0 Å². The standard InChI is InChI=1S/C14H13N2O6P/c17-16(18)12-3-5-13(6-4-12)21-23(19)20-9-7-14(22-23)11-2-1-8-15-10-11/h1-6,8,10,14H,7,9H2. The predicted octanol–water partition coefficient (Wildman–Crippen LogP) is 3.65. The highest BCUT2D eigenvalue weighted by molar-refractivity contribution is 7.49. The molecule has 2 heterocycles. The lowest BCUT2D eigenvalue weighted by Gasteiger charge is -2.28. The Morgan fingerprint density at radius 1 is 1.30 bits per heavy atom. The summed E-state index contributed by atoms with van der Waals surface area (Å²) in [5.41, 5.74) is 0.692. The maximum absolute atomic E-state index is 12.6. The van der Waals surface area contributed by atoms with Crippen molar-refractivity contribution in [2.75, 3.05) is 6.61 Å². The van der Waals surface area contributed by atoms with Crippen LogP contribution in [0.3, 0.4) is 0 Å². The molecule has 120 valence electrons. The molecule has 0 bridgehead atoms. The summed E-state index contributed by atoms with van der Waals surface area (Å²) in [7, 11) is -3.79. The number of pyridine rings is 1. The highest BCUT2D eigenvalue weighted by atomic mass is 31.2. The van der Waals surface area contributed by atoms with Gasteiger partial charge < -0.3 is 4.52 Å². The van der Waals surface area contributed by atoms with E-state index in [9.17, 15) is 14.7 Å². The number of nitro groups is 1. The second-order valence-electron chi connectivity index (χ2n) is 4.79. The third kappa shape index (κ3) is 3.73. The average molecular weight is 336 g/mol. The van der Waals surface area contributed by atoms with Crippen LogP contribution >= 0.6 is 7.82 Å². The smallest absolute Gasteiger partial charge is 0.404 e. The van der Waals surface area contributed by atoms with Gasteiger partial charge in [-0.2, -0.15) is 0 Å². The first kappa shape index (κ1) is 15.6. The van der Waals surface area contributed by atoms with E-state index in [1.165, 1.54) is 24.3 Å². The fourth-order valence-corrected chi connectivity index (χ4v) is 3.51. The summed E-state index contributed by atoms with van der Waals surface area (Å²) in [6.07, 6.45) is 3.35. The maximum Gasteiger partial charge on any atom is 0.530 e. The second kappa shape index (κ2) is 6.45. The Morgan fingerprint density at radius 2 is 2.09 bits per heavy atom. The molecule has 0 N–H and O–H groups in total. The van der Waals surface area contributed by atoms with Crippen molar-refractivity contribution < 1.29 is 23.1 Å². The molecule has 8 nitrogen and oxygen atoms in total. The Bertz CT molecular complexity index is 737. The number of phosphoric ester groups is 1. The minimum absolute atomic E-state index is 0.0886. The molecule has 1 fully saturated rings. The molecule has 9 heteroatoms. The summed E-state index contributed by atoms with van der Waals surface area (Å²) >= 11 is 0. The Balaban J connectivity index is 1.73. The van der Waals surface area contributed by atoms with Crippen LogP contribution in [0.1, 0.15) is 18.1 Å². The normalized spacial score (nSPS) is 24.1. The zero-order valence-corrected chi connectivity index (χ0v) is 12.8. The third-order valence-corrected chi connectivity index (χ3v) is 4.65. The fourth-order valence-electron chi connectivity index (χ4n) is 2.11. The van der Waals surface area contributed by atoms with Crippen LogP contribution in [-0.4, -0.2) is 16.5 Å². The van der Waals surface area contributed by atoms with Gasteiger partial charge in [0.25, 0.3) is 5.69 Å². The first-order valence-corrected chi connectivity index (χ1v) is 8.29. The highest BCUT2D eigenvalue weighted by Crippen LogP contribution is 2.56. The molecule has 0 spiro atoms. The molecular weight excluding hydrogens is 323 g/mol. The Labute approximate surface area is 131 Å². The van der Waals surface area contributed by atoms with E-state index in [4.69, 9.17) is 13.6 Å². The summed E-state index contributed by atoms with van der Waals surface area (Å²) in [5.74, 6) is 0.172. The number of aromatic nitrogens is 1. The van der Waals surface area contributed by atoms with Crippen LogP contribution in [0.2, 0.25) is 0 Å². The summed E-state index contributed by atoms with van der Waals surface area (Å²) in [6.45, 7) is 0.212. The fraction of sp³-hybridized carbons (Fsp3) is 0.214. The van der Waals surface area contributed by atoms with Gasteiger partial charge in [0.05, 0.1) is 17.6 Å². The van der Waals surface area contributed by atoms with E-state index < -0.39 is 18.8 Å². The third-order valence-electron chi connectivity index (χ3n) is 3.21. The van der Waals surface area contributed by atoms with Crippen LogP contribution in [0.4, 0.5) is 5.69 Å². The van der Waals surface area contributed by atoms with Crippen molar-refractivity contribution in [3.8, 4) is 5.75 Å². The molecule has 2 unspecified atom stereocenters. The molecule has 1 aliphatic rings. The number of hydrogen-bond acceptors (Lipinski definition) is 7. The van der Waals surface area contributed by atoms with Gasteiger partial charge in [-0.1, -0.05) is 6.07 Å². The number of non-ortho nitro benzene ring substituents is 1. The number of rotatable bonds is 4. The van der Waals surface area contributed by atoms with Crippen LogP contribution in [0.15, 0.2) is 48.8 Å². The molecule has 2 aromatic rings. The van der Waals surface area contributed by atoms with E-state index in [-0.39, 0.29) is 18.0 Å². The van der Waals surface area contributed by atoms with Gasteiger partial charge >= 0.3 is 7.82 Å². The number of nitrogens with zero attached hydrogens (tertiary/aromatic N) is 2. The second-order valence-corrected chi connectivity index (χ2v) is 6.34. The largest absolute Gasteiger partial charge is 0.530 e. The average Bonchev–Trinajstić information content (AvgIpc) is 2.56. The van der Waals surface area contributed by atoms with E-state index in [1.54, 1.807) is 18.5 Å². The summed E-state index contributed by atoms with van der Waals surface area (Å²) in [4.78, 5) is 14.1. The van der Waals surface area contributed by atoms with Crippen molar-refractivity contribution in [2.45, 2.75) is 12.5 Å². The van der Waals surface area contributed by atoms with Crippen molar-refractivity contribution in [3.63, 3.8) is 0 Å². The number of hydrogen-bond donors (Lipinski definition) is 0. The Kier molecular flexibility index (Phi) is 4.38. The zero-order chi connectivity index (χ0) is 16.3. The van der Waals surface area contributed by atoms with Crippen LogP contribution in [-0.2, 0) is 13.6 Å². The molecule has 0 saturated carbocycles. The lowest BCUT2D eigenvalue weighted by molar-refractivity contribution is -0.384. The van der Waals surface area contributed by atoms with Gasteiger partial charge in [0.2, 0.25) is 0 Å². The maximum atomic E-state index is 12.6. The topological polar surface area (TPSA) is 101 Å². The number of benzene rings is 1. The van der Waals surface area contributed by atoms with Crippen molar-refractivity contribution in [2.24, 2.45) is 0 Å². The van der Waals surface area contributed by atoms with Crippen LogP contribution in [0.5, 0.6) is 5.75 Å². The van der Waals surface area contributed by atoms with Crippen molar-refractivity contribution in [3.05, 3.63) is 64.5 Å². The van der Waals surface area contributed by atoms with Crippen molar-refractivity contribution in [1.82, 2.24) is 4.98 Å². The molecule has 0 aliphatic carbocycles. The molecular formula is C14H13N2O6P. The first-order chi connectivity index (χ1) is 11.1. The van der Waals surface area contributed by atoms with Crippen molar-refractivity contribution in [1.29, 1.82) is 0 Å². The van der Waals surface area contributed by atoms with Crippen molar-refractivity contribution >= 4 is 13.5 Å². The van der Waals surface area contributed by atoms with Gasteiger partial charge in [0.15, 0.2) is 0 Å². The Morgan fingerprint density at radius 3 is 2.74 bits per heavy atom. The molecule has 23 heavy (non-hydrogen) atoms. The zero-order valence-electron chi connectivity index (χ0n) is 11.9. The minimum atomic E-state index is -3.79. The van der Waals surface area contributed by atoms with Gasteiger partial charge in [-0.25, -0.2) is 4.57 Å². The minimum Gasteiger partial charge on any atom is -0.404 e. The molecule has 1 aliphatic heterocycles. The van der Waals surface area contributed by atoms with Crippen LogP contribution in [0, 0.1) is 10.1 Å².